The van der Waals surface area contributed by atoms with Crippen LogP contribution >= 0.6 is 0 Å². The Labute approximate surface area is 148 Å². The second-order valence-corrected chi connectivity index (χ2v) is 5.22. The van der Waals surface area contributed by atoms with E-state index in [4.69, 9.17) is 14.2 Å². The molecule has 6 heteroatoms. The van der Waals surface area contributed by atoms with Gasteiger partial charge in [0.1, 0.15) is 29.4 Å². The van der Waals surface area contributed by atoms with Gasteiger partial charge in [-0.15, -0.1) is 0 Å². The zero-order valence-corrected chi connectivity index (χ0v) is 14.8. The number of hydrogen-bond donors (Lipinski definition) is 2. The molecular formula is C19H24N2O4. The van der Waals surface area contributed by atoms with Gasteiger partial charge in [0.15, 0.2) is 0 Å². The summed E-state index contributed by atoms with van der Waals surface area (Å²) in [6.07, 6.45) is 0. The quantitative estimate of drug-likeness (QED) is 0.685. The number of ether oxygens (including phenoxy) is 3. The summed E-state index contributed by atoms with van der Waals surface area (Å²) in [5, 5.41) is 6.03. The maximum absolute atomic E-state index is 12.6. The summed E-state index contributed by atoms with van der Waals surface area (Å²) in [4.78, 5) is 12.6. The molecule has 2 rings (SSSR count). The Balaban J connectivity index is 2.04. The van der Waals surface area contributed by atoms with Crippen molar-refractivity contribution in [1.82, 2.24) is 5.32 Å². The van der Waals surface area contributed by atoms with Gasteiger partial charge in [0.05, 0.1) is 14.2 Å². The van der Waals surface area contributed by atoms with Crippen LogP contribution in [0.1, 0.15) is 17.3 Å². The summed E-state index contributed by atoms with van der Waals surface area (Å²) >= 11 is 0. The van der Waals surface area contributed by atoms with E-state index in [2.05, 4.69) is 10.6 Å². The van der Waals surface area contributed by atoms with Crippen LogP contribution in [0.2, 0.25) is 0 Å². The number of methoxy groups -OCH3 is 2. The average Bonchev–Trinajstić information content (AvgIpc) is 2.65. The molecule has 2 N–H and O–H groups in total. The van der Waals surface area contributed by atoms with E-state index in [1.165, 1.54) is 14.2 Å². The highest BCUT2D eigenvalue weighted by molar-refractivity contribution is 6.08. The van der Waals surface area contributed by atoms with E-state index in [-0.39, 0.29) is 5.91 Å². The molecule has 2 aromatic rings. The lowest BCUT2D eigenvalue weighted by atomic mass is 10.1. The number of anilines is 1. The molecule has 0 unspecified atom stereocenters. The second kappa shape index (κ2) is 9.54. The Morgan fingerprint density at radius 3 is 2.20 bits per heavy atom. The molecule has 2 aromatic carbocycles. The fraction of sp³-hybridized carbons (Fsp3) is 0.316. The molecule has 1 amide bonds. The lowest BCUT2D eigenvalue weighted by Gasteiger charge is -2.13. The zero-order valence-electron chi connectivity index (χ0n) is 14.8. The molecule has 0 saturated heterocycles. The predicted molar refractivity (Wildman–Crippen MR) is 98.0 cm³/mol. The monoisotopic (exact) mass is 344 g/mol. The largest absolute Gasteiger partial charge is 0.496 e. The van der Waals surface area contributed by atoms with Crippen LogP contribution < -0.4 is 24.8 Å². The van der Waals surface area contributed by atoms with Crippen LogP contribution in [0.25, 0.3) is 0 Å². The third-order valence-corrected chi connectivity index (χ3v) is 3.56. The average molecular weight is 344 g/mol. The first-order chi connectivity index (χ1) is 12.2. The molecule has 0 bridgehead atoms. The van der Waals surface area contributed by atoms with Gasteiger partial charge in [-0.2, -0.15) is 0 Å². The first kappa shape index (κ1) is 18.6. The molecule has 0 aliphatic rings. The first-order valence-corrected chi connectivity index (χ1v) is 8.15. The maximum Gasteiger partial charge on any atom is 0.263 e. The summed E-state index contributed by atoms with van der Waals surface area (Å²) in [6.45, 7) is 4.36. The first-order valence-electron chi connectivity index (χ1n) is 8.15. The number of carbonyl (C=O) groups is 1. The molecule has 0 fully saturated rings. The zero-order chi connectivity index (χ0) is 18.1. The molecule has 0 spiro atoms. The number of carbonyl (C=O) groups excluding carboxylic acids is 1. The van der Waals surface area contributed by atoms with Crippen LogP contribution in [-0.4, -0.2) is 39.8 Å². The molecule has 134 valence electrons. The molecule has 0 aliphatic carbocycles. The molecular weight excluding hydrogens is 320 g/mol. The van der Waals surface area contributed by atoms with Crippen LogP contribution in [0.15, 0.2) is 42.5 Å². The van der Waals surface area contributed by atoms with E-state index in [0.29, 0.717) is 29.4 Å². The standard InChI is InChI=1S/C19H24N2O4/c1-4-20-12-13-25-15-10-8-14(9-11-15)21-19(22)18-16(23-2)6-5-7-17(18)24-3/h5-11,20H,4,12-13H2,1-3H3,(H,21,22). The van der Waals surface area contributed by atoms with Crippen molar-refractivity contribution in [2.24, 2.45) is 0 Å². The summed E-state index contributed by atoms with van der Waals surface area (Å²) in [5.74, 6) is 1.38. The normalized spacial score (nSPS) is 10.2. The van der Waals surface area contributed by atoms with Crippen molar-refractivity contribution in [1.29, 1.82) is 0 Å². The van der Waals surface area contributed by atoms with Gasteiger partial charge in [-0.25, -0.2) is 0 Å². The third-order valence-electron chi connectivity index (χ3n) is 3.56. The molecule has 0 radical (unpaired) electrons. The summed E-state index contributed by atoms with van der Waals surface area (Å²) < 4.78 is 16.1. The molecule has 25 heavy (non-hydrogen) atoms. The Kier molecular flexibility index (Phi) is 7.10. The van der Waals surface area contributed by atoms with E-state index in [9.17, 15) is 4.79 Å². The van der Waals surface area contributed by atoms with Gasteiger partial charge in [0.25, 0.3) is 5.91 Å². The molecule has 0 atom stereocenters. The summed E-state index contributed by atoms with van der Waals surface area (Å²) in [6, 6.07) is 12.4. The van der Waals surface area contributed by atoms with E-state index < -0.39 is 0 Å². The van der Waals surface area contributed by atoms with Crippen molar-refractivity contribution in [2.45, 2.75) is 6.92 Å². The third kappa shape index (κ3) is 5.12. The number of amides is 1. The Morgan fingerprint density at radius 2 is 1.64 bits per heavy atom. The Hall–Kier alpha value is -2.73. The van der Waals surface area contributed by atoms with Gasteiger partial charge in [-0.1, -0.05) is 13.0 Å². The minimum Gasteiger partial charge on any atom is -0.496 e. The number of likely N-dealkylation sites (N-methyl/N-ethyl adjacent to an activating group) is 1. The lowest BCUT2D eigenvalue weighted by molar-refractivity contribution is 0.102. The Bertz CT molecular complexity index is 664. The Morgan fingerprint density at radius 1 is 1.00 bits per heavy atom. The van der Waals surface area contributed by atoms with Gasteiger partial charge in [-0.3, -0.25) is 4.79 Å². The van der Waals surface area contributed by atoms with Gasteiger partial charge in [0, 0.05) is 12.2 Å². The topological polar surface area (TPSA) is 68.8 Å². The van der Waals surface area contributed by atoms with Crippen LogP contribution in [0.4, 0.5) is 5.69 Å². The summed E-state index contributed by atoms with van der Waals surface area (Å²) in [7, 11) is 3.04. The molecule has 0 aliphatic heterocycles. The van der Waals surface area contributed by atoms with Gasteiger partial charge >= 0.3 is 0 Å². The highest BCUT2D eigenvalue weighted by Gasteiger charge is 2.18. The highest BCUT2D eigenvalue weighted by Crippen LogP contribution is 2.29. The van der Waals surface area contributed by atoms with E-state index in [1.807, 2.05) is 19.1 Å². The molecule has 0 heterocycles. The number of nitrogens with one attached hydrogen (secondary N) is 2. The van der Waals surface area contributed by atoms with Gasteiger partial charge < -0.3 is 24.8 Å². The van der Waals surface area contributed by atoms with Crippen molar-refractivity contribution >= 4 is 11.6 Å². The number of hydrogen-bond acceptors (Lipinski definition) is 5. The van der Waals surface area contributed by atoms with Crippen molar-refractivity contribution in [3.8, 4) is 17.2 Å². The van der Waals surface area contributed by atoms with Crippen LogP contribution in [0.3, 0.4) is 0 Å². The van der Waals surface area contributed by atoms with Crippen molar-refractivity contribution in [2.75, 3.05) is 39.2 Å². The van der Waals surface area contributed by atoms with E-state index >= 15 is 0 Å². The maximum atomic E-state index is 12.6. The molecule has 0 saturated carbocycles. The van der Waals surface area contributed by atoms with E-state index in [0.717, 1.165) is 18.8 Å². The number of rotatable bonds is 9. The van der Waals surface area contributed by atoms with Gasteiger partial charge in [-0.05, 0) is 42.9 Å². The van der Waals surface area contributed by atoms with Crippen LogP contribution in [-0.2, 0) is 0 Å². The smallest absolute Gasteiger partial charge is 0.263 e. The minimum absolute atomic E-state index is 0.296. The highest BCUT2D eigenvalue weighted by atomic mass is 16.5. The van der Waals surface area contributed by atoms with Crippen molar-refractivity contribution in [3.63, 3.8) is 0 Å². The fourth-order valence-corrected chi connectivity index (χ4v) is 2.32. The van der Waals surface area contributed by atoms with Crippen molar-refractivity contribution in [3.05, 3.63) is 48.0 Å². The van der Waals surface area contributed by atoms with Crippen LogP contribution in [0, 0.1) is 0 Å². The lowest BCUT2D eigenvalue weighted by Crippen LogP contribution is -2.20. The minimum atomic E-state index is -0.296. The predicted octanol–water partition coefficient (Wildman–Crippen LogP) is 2.94. The number of benzene rings is 2. The van der Waals surface area contributed by atoms with Crippen molar-refractivity contribution < 1.29 is 19.0 Å². The molecule has 0 aromatic heterocycles. The van der Waals surface area contributed by atoms with Gasteiger partial charge in [0.2, 0.25) is 0 Å². The molecule has 6 nitrogen and oxygen atoms in total. The van der Waals surface area contributed by atoms with Crippen LogP contribution in [0.5, 0.6) is 17.2 Å². The SMILES string of the molecule is CCNCCOc1ccc(NC(=O)c2c(OC)cccc2OC)cc1. The fourth-order valence-electron chi connectivity index (χ4n) is 2.32. The second-order valence-electron chi connectivity index (χ2n) is 5.22. The van der Waals surface area contributed by atoms with E-state index in [1.54, 1.807) is 30.3 Å². The summed E-state index contributed by atoms with van der Waals surface area (Å²) in [5.41, 5.74) is 1.02.